The molecule has 0 saturated carbocycles. The molecule has 4 aromatic carbocycles. The Balaban J connectivity index is 1.91. The maximum atomic E-state index is 2.30. The number of hydrogen-bond donors (Lipinski definition) is 0. The first-order chi connectivity index (χ1) is 11.4. The summed E-state index contributed by atoms with van der Waals surface area (Å²) in [6.07, 6.45) is 0. The topological polar surface area (TPSA) is 0 Å². The molecule has 0 radical (unpaired) electrons. The lowest BCUT2D eigenvalue weighted by Gasteiger charge is -2.10. The first-order valence-electron chi connectivity index (χ1n) is 7.89. The maximum Gasteiger partial charge on any atom is -0.0581 e. The van der Waals surface area contributed by atoms with Gasteiger partial charge in [-0.05, 0) is 0 Å². The molecule has 0 fully saturated rings. The van der Waals surface area contributed by atoms with E-state index >= 15 is 0 Å². The second-order valence-corrected chi connectivity index (χ2v) is 5.67. The average Bonchev–Trinajstić information content (AvgIpc) is 3.09. The lowest BCUT2D eigenvalue weighted by molar-refractivity contribution is 1.64. The van der Waals surface area contributed by atoms with Gasteiger partial charge in [0, 0.05) is 0 Å². The number of rotatable bonds is 3. The molecule has 4 rings (SSSR count). The van der Waals surface area contributed by atoms with Crippen molar-refractivity contribution < 1.29 is 0 Å². The van der Waals surface area contributed by atoms with Gasteiger partial charge in [0.15, 0.2) is 0 Å². The molecule has 23 heavy (non-hydrogen) atoms. The van der Waals surface area contributed by atoms with E-state index in [-0.39, 0.29) is 0 Å². The van der Waals surface area contributed by atoms with Crippen molar-refractivity contribution in [2.45, 2.75) is 0 Å². The predicted molar refractivity (Wildman–Crippen MR) is 98.3 cm³/mol. The highest BCUT2D eigenvalue weighted by atomic mass is 14.2. The van der Waals surface area contributed by atoms with Crippen LogP contribution >= 0.6 is 0 Å². The molecule has 0 heterocycles. The quantitative estimate of drug-likeness (QED) is 0.383. The molecule has 0 unspecified atom stereocenters. The van der Waals surface area contributed by atoms with Crippen molar-refractivity contribution >= 4 is 0 Å². The summed E-state index contributed by atoms with van der Waals surface area (Å²) in [6, 6.07) is 36.4. The van der Waals surface area contributed by atoms with Crippen LogP contribution in [0.3, 0.4) is 0 Å². The van der Waals surface area contributed by atoms with Crippen molar-refractivity contribution in [3.05, 3.63) is 103 Å². The molecular formula is C23H17-. The van der Waals surface area contributed by atoms with Crippen LogP contribution in [0.4, 0.5) is 0 Å². The van der Waals surface area contributed by atoms with E-state index in [9.17, 15) is 0 Å². The molecule has 110 valence electrons. The minimum atomic E-state index is 1.26. The fourth-order valence-corrected chi connectivity index (χ4v) is 3.02. The van der Waals surface area contributed by atoms with Gasteiger partial charge in [0.2, 0.25) is 0 Å². The second kappa shape index (κ2) is 6.02. The Labute approximate surface area is 137 Å². The molecule has 0 aliphatic rings. The first-order valence-corrected chi connectivity index (χ1v) is 7.89. The highest BCUT2D eigenvalue weighted by Gasteiger charge is 2.05. The van der Waals surface area contributed by atoms with Crippen LogP contribution in [0.25, 0.3) is 33.4 Å². The predicted octanol–water partition coefficient (Wildman–Crippen LogP) is 6.41. The molecule has 0 aliphatic heterocycles. The highest BCUT2D eigenvalue weighted by molar-refractivity contribution is 5.90. The van der Waals surface area contributed by atoms with Gasteiger partial charge in [-0.1, -0.05) is 95.6 Å². The van der Waals surface area contributed by atoms with Crippen molar-refractivity contribution in [2.24, 2.45) is 0 Å². The van der Waals surface area contributed by atoms with Crippen molar-refractivity contribution in [3.63, 3.8) is 0 Å². The fourth-order valence-electron chi connectivity index (χ4n) is 3.02. The van der Waals surface area contributed by atoms with E-state index in [2.05, 4.69) is 103 Å². The van der Waals surface area contributed by atoms with E-state index in [1.165, 1.54) is 33.4 Å². The van der Waals surface area contributed by atoms with Crippen LogP contribution in [0.1, 0.15) is 0 Å². The van der Waals surface area contributed by atoms with Crippen molar-refractivity contribution in [1.82, 2.24) is 0 Å². The van der Waals surface area contributed by atoms with Crippen LogP contribution in [0.15, 0.2) is 103 Å². The molecule has 0 bridgehead atoms. The lowest BCUT2D eigenvalue weighted by atomic mass is 9.99. The van der Waals surface area contributed by atoms with E-state index < -0.39 is 0 Å². The summed E-state index contributed by atoms with van der Waals surface area (Å²) >= 11 is 0. The largest absolute Gasteiger partial charge is 0.121 e. The van der Waals surface area contributed by atoms with Crippen LogP contribution in [0, 0.1) is 0 Å². The Morgan fingerprint density at radius 3 is 1.26 bits per heavy atom. The molecule has 0 aromatic heterocycles. The minimum Gasteiger partial charge on any atom is -0.121 e. The molecule has 0 heteroatoms. The SMILES string of the molecule is c1ccc(-c2c[c-](-c3ccccc3)cc2-c2ccccc2)cc1. The standard InChI is InChI=1S/C23H17/c1-4-10-18(11-5-1)21-16-22(19-12-6-2-7-13-19)23(17-21)20-14-8-3-9-15-20/h1-17H/q-1. The van der Waals surface area contributed by atoms with Gasteiger partial charge in [0.05, 0.1) is 0 Å². The molecule has 0 nitrogen and oxygen atoms in total. The number of hydrogen-bond acceptors (Lipinski definition) is 0. The van der Waals surface area contributed by atoms with Gasteiger partial charge in [-0.3, -0.25) is 0 Å². The van der Waals surface area contributed by atoms with Crippen LogP contribution in [0.2, 0.25) is 0 Å². The molecule has 0 saturated heterocycles. The number of benzene rings is 3. The van der Waals surface area contributed by atoms with Crippen LogP contribution < -0.4 is 0 Å². The molecule has 0 amide bonds. The summed E-state index contributed by atoms with van der Waals surface area (Å²) in [4.78, 5) is 0. The minimum absolute atomic E-state index is 1.26. The highest BCUT2D eigenvalue weighted by Crippen LogP contribution is 2.38. The smallest absolute Gasteiger partial charge is 0.0581 e. The zero-order valence-corrected chi connectivity index (χ0v) is 12.8. The summed E-state index contributed by atoms with van der Waals surface area (Å²) < 4.78 is 0. The van der Waals surface area contributed by atoms with Gasteiger partial charge in [0.1, 0.15) is 0 Å². The van der Waals surface area contributed by atoms with E-state index in [1.807, 2.05) is 0 Å². The van der Waals surface area contributed by atoms with Crippen LogP contribution in [-0.2, 0) is 0 Å². The first kappa shape index (κ1) is 13.7. The molecule has 0 aliphatic carbocycles. The summed E-state index contributed by atoms with van der Waals surface area (Å²) in [5, 5.41) is 0. The molecule has 0 spiro atoms. The Morgan fingerprint density at radius 1 is 0.435 bits per heavy atom. The molecule has 4 aromatic rings. The van der Waals surface area contributed by atoms with Gasteiger partial charge < -0.3 is 0 Å². The average molecular weight is 293 g/mol. The summed E-state index contributed by atoms with van der Waals surface area (Å²) in [5.41, 5.74) is 7.61. The van der Waals surface area contributed by atoms with E-state index in [0.29, 0.717) is 0 Å². The molecule has 0 atom stereocenters. The molecular weight excluding hydrogens is 276 g/mol. The normalized spacial score (nSPS) is 10.6. The van der Waals surface area contributed by atoms with Crippen LogP contribution in [0.5, 0.6) is 0 Å². The zero-order chi connectivity index (χ0) is 15.5. The lowest BCUT2D eigenvalue weighted by Crippen LogP contribution is -1.78. The van der Waals surface area contributed by atoms with Crippen molar-refractivity contribution in [1.29, 1.82) is 0 Å². The fraction of sp³-hybridized carbons (Fsp3) is 0. The van der Waals surface area contributed by atoms with Crippen LogP contribution in [-0.4, -0.2) is 0 Å². The third kappa shape index (κ3) is 2.72. The summed E-state index contributed by atoms with van der Waals surface area (Å²) in [7, 11) is 0. The third-order valence-corrected chi connectivity index (χ3v) is 4.17. The van der Waals surface area contributed by atoms with Gasteiger partial charge in [-0.25, -0.2) is 0 Å². The zero-order valence-electron chi connectivity index (χ0n) is 12.8. The monoisotopic (exact) mass is 293 g/mol. The van der Waals surface area contributed by atoms with Gasteiger partial charge >= 0.3 is 0 Å². The Bertz CT molecular complexity index is 828. The van der Waals surface area contributed by atoms with Gasteiger partial charge in [-0.2, -0.15) is 0 Å². The Kier molecular flexibility index (Phi) is 3.57. The van der Waals surface area contributed by atoms with Crippen molar-refractivity contribution in [3.8, 4) is 33.4 Å². The Morgan fingerprint density at radius 2 is 0.826 bits per heavy atom. The van der Waals surface area contributed by atoms with Gasteiger partial charge in [-0.15, -0.1) is 41.0 Å². The van der Waals surface area contributed by atoms with Gasteiger partial charge in [0.25, 0.3) is 0 Å². The van der Waals surface area contributed by atoms with E-state index in [4.69, 9.17) is 0 Å². The molecule has 0 N–H and O–H groups in total. The summed E-state index contributed by atoms with van der Waals surface area (Å²) in [5.74, 6) is 0. The summed E-state index contributed by atoms with van der Waals surface area (Å²) in [6.45, 7) is 0. The van der Waals surface area contributed by atoms with Crippen molar-refractivity contribution in [2.75, 3.05) is 0 Å². The third-order valence-electron chi connectivity index (χ3n) is 4.17. The van der Waals surface area contributed by atoms with E-state index in [0.717, 1.165) is 0 Å². The van der Waals surface area contributed by atoms with E-state index in [1.54, 1.807) is 0 Å². The second-order valence-electron chi connectivity index (χ2n) is 5.67. The maximum absolute atomic E-state index is 2.30. The Hall–Kier alpha value is -2.99.